The molecule has 3 aromatic rings. The summed E-state index contributed by atoms with van der Waals surface area (Å²) in [5, 5.41) is 6.74. The van der Waals surface area contributed by atoms with Gasteiger partial charge in [-0.1, -0.05) is 25.0 Å². The molecule has 0 atom stereocenters. The maximum Gasteiger partial charge on any atom is 0.352 e. The fourth-order valence-corrected chi connectivity index (χ4v) is 4.02. The first kappa shape index (κ1) is 21.5. The van der Waals surface area contributed by atoms with Gasteiger partial charge in [0.25, 0.3) is 5.88 Å². The third-order valence-corrected chi connectivity index (χ3v) is 5.60. The number of carbonyl (C=O) groups is 1. The van der Waals surface area contributed by atoms with Gasteiger partial charge in [0.15, 0.2) is 0 Å². The van der Waals surface area contributed by atoms with Crippen molar-refractivity contribution in [1.29, 1.82) is 0 Å². The van der Waals surface area contributed by atoms with Gasteiger partial charge >= 0.3 is 11.2 Å². The maximum atomic E-state index is 13.2. The van der Waals surface area contributed by atoms with Crippen molar-refractivity contribution in [1.82, 2.24) is 19.3 Å². The molecular weight excluding hydrogens is 410 g/mol. The summed E-state index contributed by atoms with van der Waals surface area (Å²) in [5.74, 6) is 0.0459. The number of rotatable bonds is 6. The highest BCUT2D eigenvalue weighted by molar-refractivity contribution is 5.88. The Morgan fingerprint density at radius 3 is 2.62 bits per heavy atom. The Kier molecular flexibility index (Phi) is 6.16. The third kappa shape index (κ3) is 4.46. The van der Waals surface area contributed by atoms with Crippen LogP contribution in [-0.2, 0) is 11.3 Å². The maximum absolute atomic E-state index is 13.2. The first-order valence-electron chi connectivity index (χ1n) is 10.6. The standard InChI is InChI=1S/C23H25N5O4/c1-15(29)25-18-8-5-9-19(12-18)28-23(31)27(22(30)21(26-28)32-2)14-16-10-11-20(24-13-16)17-6-3-4-7-17/h5,8-13,17H,3-4,6-7,14H2,1-2H3,(H,25,29). The molecular formula is C23H25N5O4. The molecule has 9 nitrogen and oxygen atoms in total. The van der Waals surface area contributed by atoms with E-state index < -0.39 is 11.2 Å². The lowest BCUT2D eigenvalue weighted by atomic mass is 10.0. The summed E-state index contributed by atoms with van der Waals surface area (Å²) in [5.41, 5.74) is 1.45. The first-order valence-corrected chi connectivity index (χ1v) is 10.6. The number of nitrogens with zero attached hydrogens (tertiary/aromatic N) is 4. The molecule has 9 heteroatoms. The lowest BCUT2D eigenvalue weighted by molar-refractivity contribution is -0.114. The minimum Gasteiger partial charge on any atom is -0.476 e. The SMILES string of the molecule is COc1nn(-c2cccc(NC(C)=O)c2)c(=O)n(Cc2ccc(C3CCCC3)nc2)c1=O. The Morgan fingerprint density at radius 2 is 1.97 bits per heavy atom. The Morgan fingerprint density at radius 1 is 1.19 bits per heavy atom. The van der Waals surface area contributed by atoms with Gasteiger partial charge in [0.1, 0.15) is 0 Å². The molecule has 1 amide bonds. The fourth-order valence-electron chi connectivity index (χ4n) is 4.02. The fraction of sp³-hybridized carbons (Fsp3) is 0.348. The number of carbonyl (C=O) groups excluding carboxylic acids is 1. The number of benzene rings is 1. The van der Waals surface area contributed by atoms with Crippen LogP contribution in [0.2, 0.25) is 0 Å². The Bertz CT molecular complexity index is 1240. The van der Waals surface area contributed by atoms with Gasteiger partial charge < -0.3 is 10.1 Å². The number of anilines is 1. The van der Waals surface area contributed by atoms with E-state index in [1.165, 1.54) is 26.9 Å². The number of methoxy groups -OCH3 is 1. The molecule has 1 saturated carbocycles. The summed E-state index contributed by atoms with van der Waals surface area (Å²) < 4.78 is 7.29. The van der Waals surface area contributed by atoms with E-state index in [2.05, 4.69) is 15.4 Å². The number of pyridine rings is 1. The van der Waals surface area contributed by atoms with E-state index in [9.17, 15) is 14.4 Å². The summed E-state index contributed by atoms with van der Waals surface area (Å²) in [4.78, 5) is 41.9. The predicted molar refractivity (Wildman–Crippen MR) is 119 cm³/mol. The van der Waals surface area contributed by atoms with Crippen LogP contribution in [0.15, 0.2) is 52.2 Å². The zero-order chi connectivity index (χ0) is 22.7. The molecule has 1 fully saturated rings. The van der Waals surface area contributed by atoms with Gasteiger partial charge in [0, 0.05) is 30.4 Å². The van der Waals surface area contributed by atoms with E-state index in [1.807, 2.05) is 12.1 Å². The van der Waals surface area contributed by atoms with Crippen LogP contribution in [0.4, 0.5) is 5.69 Å². The van der Waals surface area contributed by atoms with Crippen molar-refractivity contribution in [3.8, 4) is 11.6 Å². The van der Waals surface area contributed by atoms with Crippen molar-refractivity contribution in [2.24, 2.45) is 0 Å². The van der Waals surface area contributed by atoms with Gasteiger partial charge in [0.05, 0.1) is 19.3 Å². The first-order chi connectivity index (χ1) is 15.5. The number of nitrogens with one attached hydrogen (secondary N) is 1. The summed E-state index contributed by atoms with van der Waals surface area (Å²) in [7, 11) is 1.33. The van der Waals surface area contributed by atoms with Crippen molar-refractivity contribution in [2.45, 2.75) is 45.1 Å². The lowest BCUT2D eigenvalue weighted by Crippen LogP contribution is -2.41. The molecule has 1 aromatic carbocycles. The van der Waals surface area contributed by atoms with Gasteiger partial charge in [-0.2, -0.15) is 4.68 Å². The van der Waals surface area contributed by atoms with Crippen molar-refractivity contribution >= 4 is 11.6 Å². The number of hydrogen-bond acceptors (Lipinski definition) is 6. The third-order valence-electron chi connectivity index (χ3n) is 5.60. The van der Waals surface area contributed by atoms with E-state index in [0.717, 1.165) is 33.3 Å². The molecule has 4 rings (SSSR count). The average molecular weight is 435 g/mol. The topological polar surface area (TPSA) is 108 Å². The summed E-state index contributed by atoms with van der Waals surface area (Å²) in [6.45, 7) is 1.44. The summed E-state index contributed by atoms with van der Waals surface area (Å²) in [6, 6.07) is 10.5. The molecule has 1 aliphatic rings. The van der Waals surface area contributed by atoms with Gasteiger partial charge in [-0.05, 0) is 42.7 Å². The molecule has 1 aliphatic carbocycles. The minimum atomic E-state index is -0.619. The molecule has 0 aliphatic heterocycles. The number of hydrogen-bond donors (Lipinski definition) is 1. The van der Waals surface area contributed by atoms with Crippen molar-refractivity contribution in [3.63, 3.8) is 0 Å². The molecule has 0 saturated heterocycles. The summed E-state index contributed by atoms with van der Waals surface area (Å²) in [6.07, 6.45) is 6.46. The molecule has 2 aromatic heterocycles. The normalized spacial score (nSPS) is 13.8. The zero-order valence-corrected chi connectivity index (χ0v) is 18.1. The van der Waals surface area contributed by atoms with Crippen LogP contribution in [0.25, 0.3) is 5.69 Å². The highest BCUT2D eigenvalue weighted by Crippen LogP contribution is 2.32. The minimum absolute atomic E-state index is 0.0415. The number of amides is 1. The van der Waals surface area contributed by atoms with Crippen LogP contribution >= 0.6 is 0 Å². The highest BCUT2D eigenvalue weighted by Gasteiger charge is 2.19. The smallest absolute Gasteiger partial charge is 0.352 e. The van der Waals surface area contributed by atoms with Gasteiger partial charge in [-0.25, -0.2) is 9.36 Å². The Hall–Kier alpha value is -3.75. The Balaban J connectivity index is 1.70. The summed E-state index contributed by atoms with van der Waals surface area (Å²) >= 11 is 0. The van der Waals surface area contributed by atoms with Crippen LogP contribution < -0.4 is 21.3 Å². The highest BCUT2D eigenvalue weighted by atomic mass is 16.5. The quantitative estimate of drug-likeness (QED) is 0.637. The van der Waals surface area contributed by atoms with Crippen molar-refractivity contribution in [2.75, 3.05) is 12.4 Å². The molecule has 0 unspecified atom stereocenters. The van der Waals surface area contributed by atoms with Gasteiger partial charge in [0.2, 0.25) is 5.91 Å². The predicted octanol–water partition coefficient (Wildman–Crippen LogP) is 2.46. The monoisotopic (exact) mass is 435 g/mol. The number of aromatic nitrogens is 4. The van der Waals surface area contributed by atoms with E-state index in [0.29, 0.717) is 17.3 Å². The lowest BCUT2D eigenvalue weighted by Gasteiger charge is -2.13. The van der Waals surface area contributed by atoms with E-state index >= 15 is 0 Å². The van der Waals surface area contributed by atoms with E-state index in [1.54, 1.807) is 30.5 Å². The number of ether oxygens (including phenoxy) is 1. The average Bonchev–Trinajstić information content (AvgIpc) is 3.32. The molecule has 0 radical (unpaired) electrons. The second-order valence-electron chi connectivity index (χ2n) is 7.90. The van der Waals surface area contributed by atoms with Crippen molar-refractivity contribution in [3.05, 3.63) is 74.7 Å². The Labute approximate surface area is 184 Å². The second-order valence-corrected chi connectivity index (χ2v) is 7.90. The molecule has 0 spiro atoms. The molecule has 1 N–H and O–H groups in total. The van der Waals surface area contributed by atoms with Crippen molar-refractivity contribution < 1.29 is 9.53 Å². The largest absolute Gasteiger partial charge is 0.476 e. The van der Waals surface area contributed by atoms with E-state index in [-0.39, 0.29) is 18.3 Å². The van der Waals surface area contributed by atoms with E-state index in [4.69, 9.17) is 4.74 Å². The molecule has 32 heavy (non-hydrogen) atoms. The van der Waals surface area contributed by atoms with Crippen LogP contribution in [0, 0.1) is 0 Å². The van der Waals surface area contributed by atoms with Gasteiger partial charge in [-0.15, -0.1) is 5.10 Å². The van der Waals surface area contributed by atoms with Crippen LogP contribution in [-0.4, -0.2) is 32.3 Å². The molecule has 0 bridgehead atoms. The zero-order valence-electron chi connectivity index (χ0n) is 18.1. The van der Waals surface area contributed by atoms with Crippen LogP contribution in [0.5, 0.6) is 5.88 Å². The van der Waals surface area contributed by atoms with Gasteiger partial charge in [-0.3, -0.25) is 14.6 Å². The second kappa shape index (κ2) is 9.17. The van der Waals surface area contributed by atoms with Crippen LogP contribution in [0.1, 0.15) is 49.8 Å². The molecule has 166 valence electrons. The van der Waals surface area contributed by atoms with Crippen LogP contribution in [0.3, 0.4) is 0 Å². The molecule has 2 heterocycles.